The van der Waals surface area contributed by atoms with Gasteiger partial charge in [0.25, 0.3) is 0 Å². The Morgan fingerprint density at radius 3 is 1.65 bits per heavy atom. The Morgan fingerprint density at radius 2 is 1.21 bits per heavy atom. The lowest BCUT2D eigenvalue weighted by atomic mass is 9.97. The van der Waals surface area contributed by atoms with Crippen LogP contribution in [-0.2, 0) is 44.8 Å². The molecule has 1 aromatic carbocycles. The first-order valence-electron chi connectivity index (χ1n) is 16.8. The van der Waals surface area contributed by atoms with Crippen LogP contribution in [0.15, 0.2) is 24.3 Å². The third kappa shape index (κ3) is 14.5. The Hall–Kier alpha value is -5.26. The monoisotopic (exact) mass is 735 g/mol. The number of hydrogen-bond donors (Lipinski definition) is 9. The number of nitrogens with one attached hydrogen (secondary N) is 4. The van der Waals surface area contributed by atoms with Crippen molar-refractivity contribution < 1.29 is 53.7 Å². The summed E-state index contributed by atoms with van der Waals surface area (Å²) in [5.74, 6) is -9.65. The van der Waals surface area contributed by atoms with Gasteiger partial charge in [-0.3, -0.25) is 33.6 Å². The van der Waals surface area contributed by atoms with Gasteiger partial charge in [-0.25, -0.2) is 4.79 Å². The highest BCUT2D eigenvalue weighted by Gasteiger charge is 2.37. The van der Waals surface area contributed by atoms with Crippen molar-refractivity contribution in [3.05, 3.63) is 29.8 Å². The van der Waals surface area contributed by atoms with Crippen molar-refractivity contribution in [2.45, 2.75) is 103 Å². The summed E-state index contributed by atoms with van der Waals surface area (Å²) < 4.78 is 0. The minimum atomic E-state index is -1.80. The number of nitrogens with zero attached hydrogens (tertiary/aromatic N) is 1. The van der Waals surface area contributed by atoms with Crippen molar-refractivity contribution >= 4 is 47.4 Å². The first kappa shape index (κ1) is 44.8. The predicted molar refractivity (Wildman–Crippen MR) is 187 cm³/mol. The van der Waals surface area contributed by atoms with E-state index in [4.69, 9.17) is 11.5 Å². The molecule has 1 rings (SSSR count). The molecule has 0 saturated heterocycles. The number of benzene rings is 1. The molecule has 0 spiro atoms. The number of nitrogens with two attached hydrogens (primary N) is 2. The molecule has 11 N–H and O–H groups in total. The van der Waals surface area contributed by atoms with Crippen LogP contribution in [0.2, 0.25) is 0 Å². The third-order valence-electron chi connectivity index (χ3n) is 7.99. The lowest BCUT2D eigenvalue weighted by Crippen LogP contribution is -2.61. The maximum atomic E-state index is 13.6. The lowest BCUT2D eigenvalue weighted by Gasteiger charge is -2.34. The molecule has 18 heteroatoms. The maximum absolute atomic E-state index is 13.6. The van der Waals surface area contributed by atoms with Crippen LogP contribution in [0, 0.1) is 17.8 Å². The molecule has 6 atom stereocenters. The number of primary amides is 1. The molecule has 0 bridgehead atoms. The smallest absolute Gasteiger partial charge is 0.326 e. The summed E-state index contributed by atoms with van der Waals surface area (Å²) in [6.07, 6.45) is -1.63. The van der Waals surface area contributed by atoms with Gasteiger partial charge in [0.15, 0.2) is 0 Å². The highest BCUT2D eigenvalue weighted by molar-refractivity contribution is 5.98. The van der Waals surface area contributed by atoms with Crippen LogP contribution in [0.25, 0.3) is 0 Å². The van der Waals surface area contributed by atoms with Crippen LogP contribution >= 0.6 is 0 Å². The fraction of sp³-hybridized carbons (Fsp3) is 0.588. The molecule has 0 aromatic heterocycles. The number of amides is 6. The zero-order valence-corrected chi connectivity index (χ0v) is 30.5. The fourth-order valence-corrected chi connectivity index (χ4v) is 5.36. The summed E-state index contributed by atoms with van der Waals surface area (Å²) in [5.41, 5.74) is 12.2. The van der Waals surface area contributed by atoms with Crippen LogP contribution < -0.4 is 32.7 Å². The SMILES string of the molecule is CC(C)C[C@H](NC(=O)[C@H](CC(=O)O)NC(=O)[C@H](CC(N)=O)NC(=O)[C@@H](NC(=O)[C@H](C(C)C)N(C)C(=O)[C@@H](N)Cc1ccc(O)cc1)C(C)C)C(=O)O. The summed E-state index contributed by atoms with van der Waals surface area (Å²) in [4.78, 5) is 103. The van der Waals surface area contributed by atoms with Gasteiger partial charge in [-0.1, -0.05) is 53.7 Å². The van der Waals surface area contributed by atoms with Crippen molar-refractivity contribution in [2.24, 2.45) is 29.2 Å². The number of carboxylic acid groups (broad SMARTS) is 2. The van der Waals surface area contributed by atoms with E-state index < -0.39 is 108 Å². The van der Waals surface area contributed by atoms with E-state index in [0.717, 1.165) is 0 Å². The highest BCUT2D eigenvalue weighted by atomic mass is 16.4. The minimum Gasteiger partial charge on any atom is -0.508 e. The topological polar surface area (TPSA) is 301 Å². The number of aromatic hydroxyl groups is 1. The molecule has 290 valence electrons. The van der Waals surface area contributed by atoms with Gasteiger partial charge in [-0.2, -0.15) is 0 Å². The Kier molecular flexibility index (Phi) is 17.7. The number of hydrogen-bond acceptors (Lipinski definition) is 10. The molecule has 0 radical (unpaired) electrons. The molecule has 0 saturated carbocycles. The molecule has 6 amide bonds. The molecule has 0 aliphatic carbocycles. The zero-order chi connectivity index (χ0) is 40.0. The van der Waals surface area contributed by atoms with Gasteiger partial charge in [-0.05, 0) is 48.3 Å². The Labute approximate surface area is 302 Å². The summed E-state index contributed by atoms with van der Waals surface area (Å²) in [7, 11) is 1.39. The average Bonchev–Trinajstić information content (AvgIpc) is 3.02. The summed E-state index contributed by atoms with van der Waals surface area (Å²) in [6, 6.07) is -2.28. The molecule has 0 aliphatic rings. The van der Waals surface area contributed by atoms with Crippen molar-refractivity contribution in [3.8, 4) is 5.75 Å². The normalized spacial score (nSPS) is 14.7. The first-order valence-corrected chi connectivity index (χ1v) is 16.8. The number of carbonyl (C=O) groups is 8. The summed E-state index contributed by atoms with van der Waals surface area (Å²) in [6.45, 7) is 9.96. The second-order valence-electron chi connectivity index (χ2n) is 13.8. The van der Waals surface area contributed by atoms with Gasteiger partial charge < -0.3 is 53.0 Å². The summed E-state index contributed by atoms with van der Waals surface area (Å²) >= 11 is 0. The van der Waals surface area contributed by atoms with Crippen molar-refractivity contribution in [1.82, 2.24) is 26.2 Å². The van der Waals surface area contributed by atoms with Crippen LogP contribution in [-0.4, -0.2) is 111 Å². The van der Waals surface area contributed by atoms with Crippen molar-refractivity contribution in [1.29, 1.82) is 0 Å². The number of aliphatic carboxylic acids is 2. The number of phenols is 1. The molecule has 0 heterocycles. The van der Waals surface area contributed by atoms with E-state index in [1.54, 1.807) is 53.7 Å². The zero-order valence-electron chi connectivity index (χ0n) is 30.5. The van der Waals surface area contributed by atoms with Crippen LogP contribution in [0.3, 0.4) is 0 Å². The van der Waals surface area contributed by atoms with Crippen LogP contribution in [0.4, 0.5) is 0 Å². The number of carbonyl (C=O) groups excluding carboxylic acids is 6. The van der Waals surface area contributed by atoms with Crippen molar-refractivity contribution in [2.75, 3.05) is 7.05 Å². The first-order chi connectivity index (χ1) is 24.0. The van der Waals surface area contributed by atoms with Crippen LogP contribution in [0.1, 0.15) is 66.4 Å². The molecule has 1 aromatic rings. The minimum absolute atomic E-state index is 0.00566. The van der Waals surface area contributed by atoms with E-state index >= 15 is 0 Å². The van der Waals surface area contributed by atoms with E-state index in [-0.39, 0.29) is 24.5 Å². The second kappa shape index (κ2) is 20.6. The maximum Gasteiger partial charge on any atom is 0.326 e. The number of likely N-dealkylation sites (N-methyl/N-ethyl adjacent to an activating group) is 1. The molecule has 18 nitrogen and oxygen atoms in total. The number of rotatable bonds is 21. The molecular formula is C34H53N7O11. The quantitative estimate of drug-likeness (QED) is 0.0721. The summed E-state index contributed by atoms with van der Waals surface area (Å²) in [5, 5.41) is 37.7. The molecular weight excluding hydrogens is 682 g/mol. The van der Waals surface area contributed by atoms with Gasteiger partial charge in [0.1, 0.15) is 36.0 Å². The van der Waals surface area contributed by atoms with Gasteiger partial charge in [0, 0.05) is 7.05 Å². The Balaban J connectivity index is 3.21. The van der Waals surface area contributed by atoms with Crippen LogP contribution in [0.5, 0.6) is 5.75 Å². The standard InChI is InChI=1S/C34H53N7O11/c1-16(2)12-24(34(51)52)39-30(47)23(15-26(44)45)37-29(46)22(14-25(36)43)38-31(48)27(17(3)4)40-32(49)28(18(5)6)41(7)33(50)21(35)13-19-8-10-20(42)11-9-19/h8-11,16-18,21-24,27-28,42H,12-15,35H2,1-7H3,(H2,36,43)(H,37,46)(H,38,48)(H,39,47)(H,40,49)(H,44,45)(H,51,52)/t21-,22-,23-,24-,27-,28-/m0/s1. The largest absolute Gasteiger partial charge is 0.508 e. The van der Waals surface area contributed by atoms with E-state index in [1.165, 1.54) is 24.1 Å². The van der Waals surface area contributed by atoms with E-state index in [9.17, 15) is 53.7 Å². The van der Waals surface area contributed by atoms with Gasteiger partial charge in [0.05, 0.1) is 18.9 Å². The molecule has 52 heavy (non-hydrogen) atoms. The van der Waals surface area contributed by atoms with E-state index in [0.29, 0.717) is 5.56 Å². The predicted octanol–water partition coefficient (Wildman–Crippen LogP) is -1.18. The van der Waals surface area contributed by atoms with Gasteiger partial charge in [0.2, 0.25) is 35.4 Å². The fourth-order valence-electron chi connectivity index (χ4n) is 5.36. The Morgan fingerprint density at radius 1 is 0.712 bits per heavy atom. The number of carboxylic acids is 2. The van der Waals surface area contributed by atoms with Gasteiger partial charge >= 0.3 is 11.9 Å². The molecule has 0 aliphatic heterocycles. The number of phenolic OH excluding ortho intramolecular Hbond substituents is 1. The molecule has 0 unspecified atom stereocenters. The second-order valence-corrected chi connectivity index (χ2v) is 13.8. The van der Waals surface area contributed by atoms with E-state index in [2.05, 4.69) is 21.3 Å². The highest BCUT2D eigenvalue weighted by Crippen LogP contribution is 2.16. The van der Waals surface area contributed by atoms with Crippen molar-refractivity contribution in [3.63, 3.8) is 0 Å². The third-order valence-corrected chi connectivity index (χ3v) is 7.99. The Bertz CT molecular complexity index is 1450. The van der Waals surface area contributed by atoms with E-state index in [1.807, 2.05) is 0 Å². The van der Waals surface area contributed by atoms with Gasteiger partial charge in [-0.15, -0.1) is 0 Å². The average molecular weight is 736 g/mol. The lowest BCUT2D eigenvalue weighted by molar-refractivity contribution is -0.144. The molecule has 0 fully saturated rings.